The van der Waals surface area contributed by atoms with Crippen LogP contribution in [0.5, 0.6) is 0 Å². The van der Waals surface area contributed by atoms with E-state index in [9.17, 15) is 18.0 Å². The fourth-order valence-corrected chi connectivity index (χ4v) is 2.41. The van der Waals surface area contributed by atoms with Gasteiger partial charge in [0, 0.05) is 17.4 Å². The van der Waals surface area contributed by atoms with E-state index in [1.54, 1.807) is 5.38 Å². The molecule has 1 heterocycles. The van der Waals surface area contributed by atoms with Gasteiger partial charge in [-0.3, -0.25) is 4.79 Å². The van der Waals surface area contributed by atoms with Crippen LogP contribution in [0.2, 0.25) is 0 Å². The second kappa shape index (κ2) is 6.04. The number of carbonyl (C=O) groups excluding carboxylic acids is 1. The number of hydrogen-bond donors (Lipinski definition) is 0. The number of benzene rings is 1. The molecule has 3 nitrogen and oxygen atoms in total. The number of thiazole rings is 1. The van der Waals surface area contributed by atoms with Crippen LogP contribution in [0.3, 0.4) is 0 Å². The number of carbonyl (C=O) groups is 1. The van der Waals surface area contributed by atoms with Gasteiger partial charge in [0.05, 0.1) is 19.2 Å². The van der Waals surface area contributed by atoms with E-state index in [0.29, 0.717) is 17.1 Å². The molecule has 106 valence electrons. The maximum atomic E-state index is 13.1. The molecule has 0 saturated carbocycles. The zero-order chi connectivity index (χ0) is 14.7. The molecule has 1 aromatic heterocycles. The van der Waals surface area contributed by atoms with Crippen molar-refractivity contribution in [2.24, 2.45) is 0 Å². The molecule has 0 N–H and O–H groups in total. The Bertz CT molecular complexity index is 619. The van der Waals surface area contributed by atoms with E-state index in [-0.39, 0.29) is 18.0 Å². The first-order valence-electron chi connectivity index (χ1n) is 5.67. The maximum Gasteiger partial charge on any atom is 0.305 e. The van der Waals surface area contributed by atoms with E-state index in [2.05, 4.69) is 9.72 Å². The lowest BCUT2D eigenvalue weighted by molar-refractivity contribution is -0.140. The van der Waals surface area contributed by atoms with Gasteiger partial charge in [-0.15, -0.1) is 11.3 Å². The number of aryl methyl sites for hydroxylation is 1. The van der Waals surface area contributed by atoms with Crippen molar-refractivity contribution in [2.45, 2.75) is 12.8 Å². The third kappa shape index (κ3) is 3.16. The number of halogens is 3. The zero-order valence-corrected chi connectivity index (χ0v) is 11.3. The highest BCUT2D eigenvalue weighted by atomic mass is 32.1. The Labute approximate surface area is 117 Å². The van der Waals surface area contributed by atoms with Crippen LogP contribution in [-0.2, 0) is 16.0 Å². The molecule has 0 radical (unpaired) electrons. The van der Waals surface area contributed by atoms with E-state index >= 15 is 0 Å². The van der Waals surface area contributed by atoms with Crippen LogP contribution in [0, 0.1) is 17.5 Å². The van der Waals surface area contributed by atoms with Crippen molar-refractivity contribution in [3.8, 4) is 10.6 Å². The first-order chi connectivity index (χ1) is 9.51. The molecular formula is C13H10F3NO2S. The van der Waals surface area contributed by atoms with E-state index < -0.39 is 17.5 Å². The summed E-state index contributed by atoms with van der Waals surface area (Å²) in [6.07, 6.45) is 0.543. The summed E-state index contributed by atoms with van der Waals surface area (Å²) < 4.78 is 43.6. The largest absolute Gasteiger partial charge is 0.469 e. The molecule has 0 atom stereocenters. The lowest BCUT2D eigenvalue weighted by Gasteiger charge is -2.00. The summed E-state index contributed by atoms with van der Waals surface area (Å²) >= 11 is 1.17. The molecule has 0 aliphatic carbocycles. The van der Waals surface area contributed by atoms with Crippen LogP contribution in [0.25, 0.3) is 10.6 Å². The normalized spacial score (nSPS) is 10.6. The summed E-state index contributed by atoms with van der Waals surface area (Å²) in [6.45, 7) is 0. The van der Waals surface area contributed by atoms with Crippen LogP contribution in [0.15, 0.2) is 17.5 Å². The van der Waals surface area contributed by atoms with Crippen LogP contribution >= 0.6 is 11.3 Å². The summed E-state index contributed by atoms with van der Waals surface area (Å²) in [4.78, 5) is 15.2. The van der Waals surface area contributed by atoms with Gasteiger partial charge in [-0.1, -0.05) is 0 Å². The van der Waals surface area contributed by atoms with E-state index in [1.807, 2.05) is 0 Å². The van der Waals surface area contributed by atoms with Gasteiger partial charge in [0.25, 0.3) is 0 Å². The SMILES string of the molecule is COC(=O)CCc1csc(-c2cc(F)c(F)c(F)c2)n1. The molecule has 0 unspecified atom stereocenters. The van der Waals surface area contributed by atoms with Crippen molar-refractivity contribution >= 4 is 17.3 Å². The lowest BCUT2D eigenvalue weighted by Crippen LogP contribution is -2.01. The highest BCUT2D eigenvalue weighted by Crippen LogP contribution is 2.27. The number of aromatic nitrogens is 1. The lowest BCUT2D eigenvalue weighted by atomic mass is 10.2. The minimum absolute atomic E-state index is 0.163. The van der Waals surface area contributed by atoms with Gasteiger partial charge in [-0.05, 0) is 12.1 Å². The summed E-state index contributed by atoms with van der Waals surface area (Å²) in [5.74, 6) is -4.38. The van der Waals surface area contributed by atoms with Gasteiger partial charge in [-0.2, -0.15) is 0 Å². The van der Waals surface area contributed by atoms with Crippen LogP contribution < -0.4 is 0 Å². The Morgan fingerprint density at radius 2 is 1.95 bits per heavy atom. The Kier molecular flexibility index (Phi) is 4.39. The number of rotatable bonds is 4. The number of methoxy groups -OCH3 is 1. The first kappa shape index (κ1) is 14.5. The molecule has 2 rings (SSSR count). The third-order valence-electron chi connectivity index (χ3n) is 2.60. The summed E-state index contributed by atoms with van der Waals surface area (Å²) in [7, 11) is 1.29. The first-order valence-corrected chi connectivity index (χ1v) is 6.55. The Balaban J connectivity index is 2.18. The Morgan fingerprint density at radius 1 is 1.30 bits per heavy atom. The summed E-state index contributed by atoms with van der Waals surface area (Å²) in [5.41, 5.74) is 0.774. The Morgan fingerprint density at radius 3 is 2.55 bits per heavy atom. The van der Waals surface area contributed by atoms with Gasteiger partial charge < -0.3 is 4.74 Å². The van der Waals surface area contributed by atoms with Gasteiger partial charge in [0.2, 0.25) is 0 Å². The van der Waals surface area contributed by atoms with Gasteiger partial charge in [-0.25, -0.2) is 18.2 Å². The molecule has 2 aromatic rings. The number of hydrogen-bond acceptors (Lipinski definition) is 4. The second-order valence-electron chi connectivity index (χ2n) is 3.97. The zero-order valence-electron chi connectivity index (χ0n) is 10.5. The molecule has 0 aliphatic rings. The predicted molar refractivity (Wildman–Crippen MR) is 67.8 cm³/mol. The number of ether oxygens (including phenoxy) is 1. The quantitative estimate of drug-likeness (QED) is 0.642. The van der Waals surface area contributed by atoms with Gasteiger partial charge >= 0.3 is 5.97 Å². The maximum absolute atomic E-state index is 13.1. The monoisotopic (exact) mass is 301 g/mol. The molecule has 20 heavy (non-hydrogen) atoms. The van der Waals surface area contributed by atoms with Crippen molar-refractivity contribution < 1.29 is 22.7 Å². The van der Waals surface area contributed by atoms with E-state index in [1.165, 1.54) is 18.4 Å². The van der Waals surface area contributed by atoms with Gasteiger partial charge in [0.1, 0.15) is 5.01 Å². The summed E-state index contributed by atoms with van der Waals surface area (Å²) in [6, 6.07) is 1.78. The highest BCUT2D eigenvalue weighted by molar-refractivity contribution is 7.13. The third-order valence-corrected chi connectivity index (χ3v) is 3.54. The number of nitrogens with zero attached hydrogens (tertiary/aromatic N) is 1. The second-order valence-corrected chi connectivity index (χ2v) is 4.83. The van der Waals surface area contributed by atoms with Crippen molar-refractivity contribution in [1.82, 2.24) is 4.98 Å². The topological polar surface area (TPSA) is 39.2 Å². The molecule has 0 fully saturated rings. The smallest absolute Gasteiger partial charge is 0.305 e. The molecule has 1 aromatic carbocycles. The fraction of sp³-hybridized carbons (Fsp3) is 0.231. The average molecular weight is 301 g/mol. The van der Waals surface area contributed by atoms with Gasteiger partial charge in [0.15, 0.2) is 17.5 Å². The molecule has 0 spiro atoms. The fourth-order valence-electron chi connectivity index (χ4n) is 1.57. The van der Waals surface area contributed by atoms with Crippen molar-refractivity contribution in [3.63, 3.8) is 0 Å². The molecule has 0 amide bonds. The standard InChI is InChI=1S/C13H10F3NO2S/c1-19-11(18)3-2-8-6-20-13(17-8)7-4-9(14)12(16)10(15)5-7/h4-6H,2-3H2,1H3. The molecule has 0 saturated heterocycles. The average Bonchev–Trinajstić information content (AvgIpc) is 2.90. The van der Waals surface area contributed by atoms with Crippen molar-refractivity contribution in [2.75, 3.05) is 7.11 Å². The minimum atomic E-state index is -1.50. The molecule has 0 aliphatic heterocycles. The van der Waals surface area contributed by atoms with Crippen molar-refractivity contribution in [3.05, 3.63) is 40.7 Å². The molecular weight excluding hydrogens is 291 g/mol. The number of esters is 1. The molecule has 7 heteroatoms. The van der Waals surface area contributed by atoms with Crippen LogP contribution in [0.4, 0.5) is 13.2 Å². The summed E-state index contributed by atoms with van der Waals surface area (Å²) in [5, 5.41) is 2.04. The predicted octanol–water partition coefficient (Wildman–Crippen LogP) is 3.33. The van der Waals surface area contributed by atoms with E-state index in [0.717, 1.165) is 12.1 Å². The van der Waals surface area contributed by atoms with E-state index in [4.69, 9.17) is 0 Å². The Hall–Kier alpha value is -1.89. The molecule has 0 bridgehead atoms. The van der Waals surface area contributed by atoms with Crippen LogP contribution in [-0.4, -0.2) is 18.1 Å². The highest BCUT2D eigenvalue weighted by Gasteiger charge is 2.14. The van der Waals surface area contributed by atoms with Crippen molar-refractivity contribution in [1.29, 1.82) is 0 Å². The van der Waals surface area contributed by atoms with Crippen LogP contribution in [0.1, 0.15) is 12.1 Å². The minimum Gasteiger partial charge on any atom is -0.469 e.